The van der Waals surface area contributed by atoms with Gasteiger partial charge in [-0.1, -0.05) is 6.07 Å². The molecule has 1 amide bonds. The molecule has 0 bridgehead atoms. The van der Waals surface area contributed by atoms with Crippen molar-refractivity contribution in [3.05, 3.63) is 29.8 Å². The van der Waals surface area contributed by atoms with E-state index in [9.17, 15) is 14.7 Å². The van der Waals surface area contributed by atoms with Crippen LogP contribution in [0.25, 0.3) is 0 Å². The Morgan fingerprint density at radius 2 is 2.17 bits per heavy atom. The van der Waals surface area contributed by atoms with E-state index in [4.69, 9.17) is 5.11 Å². The van der Waals surface area contributed by atoms with Gasteiger partial charge in [0.2, 0.25) is 0 Å². The Balaban J connectivity index is 2.69. The Morgan fingerprint density at radius 1 is 1.44 bits per heavy atom. The molecule has 98 valence electrons. The molecule has 0 spiro atoms. The quantitative estimate of drug-likeness (QED) is 0.725. The first kappa shape index (κ1) is 14.4. The van der Waals surface area contributed by atoms with E-state index in [1.54, 1.807) is 0 Å². The third kappa shape index (κ3) is 4.29. The largest absolute Gasteiger partial charge is 0.508 e. The Labute approximate surface area is 109 Å². The van der Waals surface area contributed by atoms with E-state index in [0.29, 0.717) is 12.2 Å². The number of rotatable bonds is 6. The zero-order valence-electron chi connectivity index (χ0n) is 9.92. The van der Waals surface area contributed by atoms with E-state index in [1.165, 1.54) is 36.0 Å². The number of nitrogens with one attached hydrogen (secondary N) is 1. The summed E-state index contributed by atoms with van der Waals surface area (Å²) in [6, 6.07) is 4.87. The molecular weight excluding hydrogens is 254 g/mol. The number of aromatic hydroxyl groups is 1. The summed E-state index contributed by atoms with van der Waals surface area (Å²) in [5.41, 5.74) is 0.241. The summed E-state index contributed by atoms with van der Waals surface area (Å²) in [5, 5.41) is 20.7. The maximum atomic E-state index is 11.8. The number of carboxylic acid groups (broad SMARTS) is 1. The molecule has 0 aliphatic carbocycles. The van der Waals surface area contributed by atoms with Crippen molar-refractivity contribution < 1.29 is 19.8 Å². The molecule has 5 nitrogen and oxygen atoms in total. The summed E-state index contributed by atoms with van der Waals surface area (Å²) in [6.45, 7) is 0. The SMILES string of the molecule is CSCC[C@H](NC(=O)c1cccc(O)c1)C(=O)O. The van der Waals surface area contributed by atoms with Gasteiger partial charge in [-0.05, 0) is 36.6 Å². The number of hydrogen-bond acceptors (Lipinski definition) is 4. The molecule has 3 N–H and O–H groups in total. The van der Waals surface area contributed by atoms with E-state index in [0.717, 1.165) is 0 Å². The second-order valence-corrected chi connectivity index (χ2v) is 4.68. The van der Waals surface area contributed by atoms with Crippen LogP contribution < -0.4 is 5.32 Å². The van der Waals surface area contributed by atoms with Crippen LogP contribution >= 0.6 is 11.8 Å². The fourth-order valence-electron chi connectivity index (χ4n) is 1.38. The third-order valence-electron chi connectivity index (χ3n) is 2.32. The molecule has 0 saturated heterocycles. The molecule has 0 fully saturated rings. The minimum Gasteiger partial charge on any atom is -0.508 e. The van der Waals surface area contributed by atoms with Crippen LogP contribution in [0.3, 0.4) is 0 Å². The Kier molecular flexibility index (Phi) is 5.51. The number of aliphatic carboxylic acids is 1. The molecule has 0 saturated carbocycles. The van der Waals surface area contributed by atoms with Gasteiger partial charge in [-0.3, -0.25) is 4.79 Å². The van der Waals surface area contributed by atoms with Gasteiger partial charge >= 0.3 is 5.97 Å². The lowest BCUT2D eigenvalue weighted by atomic mass is 10.1. The summed E-state index contributed by atoms with van der Waals surface area (Å²) in [5.74, 6) is -0.937. The number of carbonyl (C=O) groups excluding carboxylic acids is 1. The molecule has 1 rings (SSSR count). The van der Waals surface area contributed by atoms with Gasteiger partial charge in [-0.15, -0.1) is 0 Å². The lowest BCUT2D eigenvalue weighted by molar-refractivity contribution is -0.139. The van der Waals surface area contributed by atoms with Crippen molar-refractivity contribution in [1.29, 1.82) is 0 Å². The minimum atomic E-state index is -1.06. The number of carboxylic acids is 1. The van der Waals surface area contributed by atoms with Crippen molar-refractivity contribution >= 4 is 23.6 Å². The molecule has 0 unspecified atom stereocenters. The fraction of sp³-hybridized carbons (Fsp3) is 0.333. The average Bonchev–Trinajstić information content (AvgIpc) is 2.33. The Hall–Kier alpha value is -1.69. The average molecular weight is 269 g/mol. The molecule has 0 aliphatic rings. The molecule has 18 heavy (non-hydrogen) atoms. The highest BCUT2D eigenvalue weighted by Crippen LogP contribution is 2.11. The molecule has 6 heteroatoms. The molecule has 1 atom stereocenters. The van der Waals surface area contributed by atoms with Gasteiger partial charge in [0, 0.05) is 5.56 Å². The van der Waals surface area contributed by atoms with E-state index in [2.05, 4.69) is 5.32 Å². The van der Waals surface area contributed by atoms with Gasteiger partial charge in [0.15, 0.2) is 0 Å². The first-order chi connectivity index (χ1) is 8.54. The van der Waals surface area contributed by atoms with Crippen LogP contribution in [0, 0.1) is 0 Å². The maximum Gasteiger partial charge on any atom is 0.326 e. The fourth-order valence-corrected chi connectivity index (χ4v) is 1.85. The zero-order chi connectivity index (χ0) is 13.5. The van der Waals surface area contributed by atoms with Gasteiger partial charge in [-0.2, -0.15) is 11.8 Å². The van der Waals surface area contributed by atoms with Crippen LogP contribution in [0.15, 0.2) is 24.3 Å². The molecule has 1 aromatic carbocycles. The summed E-state index contributed by atoms with van der Waals surface area (Å²) in [4.78, 5) is 22.7. The maximum absolute atomic E-state index is 11.8. The van der Waals surface area contributed by atoms with Crippen molar-refractivity contribution in [3.63, 3.8) is 0 Å². The second-order valence-electron chi connectivity index (χ2n) is 3.70. The summed E-state index contributed by atoms with van der Waals surface area (Å²) < 4.78 is 0. The Morgan fingerprint density at radius 3 is 2.72 bits per heavy atom. The van der Waals surface area contributed by atoms with Crippen molar-refractivity contribution in [3.8, 4) is 5.75 Å². The Bertz CT molecular complexity index is 436. The first-order valence-corrected chi connectivity index (χ1v) is 6.75. The number of benzene rings is 1. The van der Waals surface area contributed by atoms with E-state index in [-0.39, 0.29) is 11.3 Å². The van der Waals surface area contributed by atoms with Crippen molar-refractivity contribution in [1.82, 2.24) is 5.32 Å². The smallest absolute Gasteiger partial charge is 0.326 e. The van der Waals surface area contributed by atoms with Crippen LogP contribution in [0.4, 0.5) is 0 Å². The van der Waals surface area contributed by atoms with E-state index in [1.807, 2.05) is 6.26 Å². The van der Waals surface area contributed by atoms with Crippen molar-refractivity contribution in [2.45, 2.75) is 12.5 Å². The van der Waals surface area contributed by atoms with E-state index >= 15 is 0 Å². The molecule has 1 aromatic rings. The number of carbonyl (C=O) groups is 2. The molecule has 0 aromatic heterocycles. The zero-order valence-corrected chi connectivity index (χ0v) is 10.7. The van der Waals surface area contributed by atoms with Gasteiger partial charge < -0.3 is 15.5 Å². The lowest BCUT2D eigenvalue weighted by Gasteiger charge is -2.13. The highest BCUT2D eigenvalue weighted by atomic mass is 32.2. The summed E-state index contributed by atoms with van der Waals surface area (Å²) in [7, 11) is 0. The number of phenols is 1. The van der Waals surface area contributed by atoms with Gasteiger partial charge in [0.25, 0.3) is 5.91 Å². The van der Waals surface area contributed by atoms with Crippen molar-refractivity contribution in [2.24, 2.45) is 0 Å². The lowest BCUT2D eigenvalue weighted by Crippen LogP contribution is -2.41. The first-order valence-electron chi connectivity index (χ1n) is 5.36. The molecule has 0 aliphatic heterocycles. The minimum absolute atomic E-state index is 0.0290. The van der Waals surface area contributed by atoms with Gasteiger partial charge in [-0.25, -0.2) is 4.79 Å². The molecular formula is C12H15NO4S. The standard InChI is InChI=1S/C12H15NO4S/c1-18-6-5-10(12(16)17)13-11(15)8-3-2-4-9(14)7-8/h2-4,7,10,14H,5-6H2,1H3,(H,13,15)(H,16,17)/t10-/m0/s1. The number of thioether (sulfide) groups is 1. The van der Waals surface area contributed by atoms with E-state index < -0.39 is 17.9 Å². The molecule has 0 radical (unpaired) electrons. The second kappa shape index (κ2) is 6.90. The van der Waals surface area contributed by atoms with Gasteiger partial charge in [0.05, 0.1) is 0 Å². The predicted octanol–water partition coefficient (Wildman–Crippen LogP) is 1.33. The number of amides is 1. The monoisotopic (exact) mass is 269 g/mol. The number of hydrogen-bond donors (Lipinski definition) is 3. The predicted molar refractivity (Wildman–Crippen MR) is 70.0 cm³/mol. The topological polar surface area (TPSA) is 86.6 Å². The third-order valence-corrected chi connectivity index (χ3v) is 2.97. The number of phenolic OH excluding ortho intramolecular Hbond substituents is 1. The van der Waals surface area contributed by atoms with Crippen LogP contribution in [0.5, 0.6) is 5.75 Å². The van der Waals surface area contributed by atoms with Crippen LogP contribution in [0.1, 0.15) is 16.8 Å². The summed E-state index contributed by atoms with van der Waals surface area (Å²) >= 11 is 1.52. The van der Waals surface area contributed by atoms with Crippen molar-refractivity contribution in [2.75, 3.05) is 12.0 Å². The van der Waals surface area contributed by atoms with Crippen LogP contribution in [-0.4, -0.2) is 40.1 Å². The normalized spacial score (nSPS) is 11.8. The van der Waals surface area contributed by atoms with Crippen LogP contribution in [0.2, 0.25) is 0 Å². The highest BCUT2D eigenvalue weighted by Gasteiger charge is 2.20. The van der Waals surface area contributed by atoms with Gasteiger partial charge in [0.1, 0.15) is 11.8 Å². The molecule has 0 heterocycles. The van der Waals surface area contributed by atoms with Crippen LogP contribution in [-0.2, 0) is 4.79 Å². The summed E-state index contributed by atoms with van der Waals surface area (Å²) in [6.07, 6.45) is 2.23. The highest BCUT2D eigenvalue weighted by molar-refractivity contribution is 7.98.